The maximum Gasteiger partial charge on any atom is 0.169 e. The molecule has 0 bridgehead atoms. The van der Waals surface area contributed by atoms with Crippen LogP contribution in [0, 0.1) is 0 Å². The number of thioether (sulfide) groups is 1. The van der Waals surface area contributed by atoms with Crippen LogP contribution in [-0.2, 0) is 9.47 Å². The van der Waals surface area contributed by atoms with Gasteiger partial charge in [0, 0.05) is 6.42 Å². The van der Waals surface area contributed by atoms with Gasteiger partial charge in [-0.2, -0.15) is 0 Å². The second kappa shape index (κ2) is 5.03. The average Bonchev–Trinajstić information content (AvgIpc) is 2.55. The molecule has 0 aromatic rings. The highest BCUT2D eigenvalue weighted by molar-refractivity contribution is 8.02. The average molecular weight is 202 g/mol. The first-order chi connectivity index (χ1) is 6.20. The Hall–Kier alpha value is 0.0100. The Kier molecular flexibility index (Phi) is 4.29. The SMILES string of the molecule is CCC(=CCC1(C)OCCO1)SC. The Morgan fingerprint density at radius 2 is 2.08 bits per heavy atom. The zero-order valence-corrected chi connectivity index (χ0v) is 9.45. The van der Waals surface area contributed by atoms with E-state index in [1.807, 2.05) is 6.92 Å². The van der Waals surface area contributed by atoms with Crippen molar-refractivity contribution in [1.82, 2.24) is 0 Å². The molecule has 1 fully saturated rings. The molecule has 76 valence electrons. The van der Waals surface area contributed by atoms with Gasteiger partial charge < -0.3 is 9.47 Å². The van der Waals surface area contributed by atoms with E-state index in [9.17, 15) is 0 Å². The topological polar surface area (TPSA) is 18.5 Å². The third kappa shape index (κ3) is 3.33. The van der Waals surface area contributed by atoms with Crippen molar-refractivity contribution in [3.05, 3.63) is 11.0 Å². The van der Waals surface area contributed by atoms with E-state index >= 15 is 0 Å². The van der Waals surface area contributed by atoms with Gasteiger partial charge >= 0.3 is 0 Å². The first kappa shape index (κ1) is 11.1. The second-order valence-electron chi connectivity index (χ2n) is 3.26. The molecule has 0 aliphatic carbocycles. The maximum atomic E-state index is 5.50. The van der Waals surface area contributed by atoms with E-state index in [-0.39, 0.29) is 5.79 Å². The van der Waals surface area contributed by atoms with Crippen molar-refractivity contribution in [2.24, 2.45) is 0 Å². The largest absolute Gasteiger partial charge is 0.348 e. The van der Waals surface area contributed by atoms with E-state index < -0.39 is 0 Å². The smallest absolute Gasteiger partial charge is 0.169 e. The van der Waals surface area contributed by atoms with Crippen LogP contribution in [0.25, 0.3) is 0 Å². The lowest BCUT2D eigenvalue weighted by atomic mass is 10.2. The number of allylic oxidation sites excluding steroid dienone is 1. The molecule has 0 spiro atoms. The third-order valence-electron chi connectivity index (χ3n) is 2.21. The van der Waals surface area contributed by atoms with Crippen molar-refractivity contribution >= 4 is 11.8 Å². The van der Waals surface area contributed by atoms with Crippen LogP contribution in [0.3, 0.4) is 0 Å². The molecule has 3 heteroatoms. The van der Waals surface area contributed by atoms with Crippen LogP contribution in [0.4, 0.5) is 0 Å². The summed E-state index contributed by atoms with van der Waals surface area (Å²) in [7, 11) is 0. The molecule has 1 heterocycles. The van der Waals surface area contributed by atoms with Crippen molar-refractivity contribution in [2.75, 3.05) is 19.5 Å². The minimum Gasteiger partial charge on any atom is -0.348 e. The molecule has 1 rings (SSSR count). The van der Waals surface area contributed by atoms with Crippen molar-refractivity contribution in [3.8, 4) is 0 Å². The molecule has 0 amide bonds. The van der Waals surface area contributed by atoms with Crippen LogP contribution in [0.5, 0.6) is 0 Å². The minimum atomic E-state index is -0.365. The van der Waals surface area contributed by atoms with Crippen molar-refractivity contribution in [1.29, 1.82) is 0 Å². The Labute approximate surface area is 84.7 Å². The molecular formula is C10H18O2S. The summed E-state index contributed by atoms with van der Waals surface area (Å²) in [5.74, 6) is -0.365. The molecule has 2 nitrogen and oxygen atoms in total. The highest BCUT2D eigenvalue weighted by atomic mass is 32.2. The molecule has 1 saturated heterocycles. The second-order valence-corrected chi connectivity index (χ2v) is 4.20. The molecule has 13 heavy (non-hydrogen) atoms. The molecule has 0 unspecified atom stereocenters. The normalized spacial score (nSPS) is 22.2. The first-order valence-electron chi connectivity index (χ1n) is 4.71. The van der Waals surface area contributed by atoms with E-state index in [4.69, 9.17) is 9.47 Å². The zero-order valence-electron chi connectivity index (χ0n) is 8.63. The number of rotatable bonds is 4. The van der Waals surface area contributed by atoms with Gasteiger partial charge in [0.25, 0.3) is 0 Å². The summed E-state index contributed by atoms with van der Waals surface area (Å²) in [4.78, 5) is 1.40. The molecule has 1 aliphatic heterocycles. The first-order valence-corrected chi connectivity index (χ1v) is 5.93. The summed E-state index contributed by atoms with van der Waals surface area (Å²) in [5, 5.41) is 0. The number of hydrogen-bond donors (Lipinski definition) is 0. The summed E-state index contributed by atoms with van der Waals surface area (Å²) < 4.78 is 11.0. The monoisotopic (exact) mass is 202 g/mol. The predicted octanol–water partition coefficient (Wildman–Crippen LogP) is 2.80. The molecule has 0 radical (unpaired) electrons. The van der Waals surface area contributed by atoms with Crippen molar-refractivity contribution < 1.29 is 9.47 Å². The van der Waals surface area contributed by atoms with Gasteiger partial charge in [0.2, 0.25) is 0 Å². The summed E-state index contributed by atoms with van der Waals surface area (Å²) in [6, 6.07) is 0. The van der Waals surface area contributed by atoms with Crippen molar-refractivity contribution in [2.45, 2.75) is 32.5 Å². The Bertz CT molecular complexity index is 177. The lowest BCUT2D eigenvalue weighted by Gasteiger charge is -2.20. The molecule has 0 aromatic heterocycles. The highest BCUT2D eigenvalue weighted by Gasteiger charge is 2.29. The molecular weight excluding hydrogens is 184 g/mol. The van der Waals surface area contributed by atoms with Crippen LogP contribution in [0.1, 0.15) is 26.7 Å². The standard InChI is InChI=1S/C10H18O2S/c1-4-9(13-3)5-6-10(2)11-7-8-12-10/h5H,4,6-8H2,1-3H3. The van der Waals surface area contributed by atoms with Gasteiger partial charge in [-0.05, 0) is 24.5 Å². The molecule has 1 aliphatic rings. The molecule has 0 N–H and O–H groups in total. The van der Waals surface area contributed by atoms with Gasteiger partial charge in [-0.15, -0.1) is 11.8 Å². The van der Waals surface area contributed by atoms with Gasteiger partial charge in [-0.25, -0.2) is 0 Å². The molecule has 0 aromatic carbocycles. The van der Waals surface area contributed by atoms with Gasteiger partial charge in [0.1, 0.15) is 0 Å². The van der Waals surface area contributed by atoms with E-state index in [2.05, 4.69) is 19.3 Å². The Balaban J connectivity index is 2.43. The van der Waals surface area contributed by atoms with Crippen molar-refractivity contribution in [3.63, 3.8) is 0 Å². The quantitative estimate of drug-likeness (QED) is 0.698. The van der Waals surface area contributed by atoms with Crippen LogP contribution in [-0.4, -0.2) is 25.3 Å². The van der Waals surface area contributed by atoms with Crippen LogP contribution < -0.4 is 0 Å². The van der Waals surface area contributed by atoms with E-state index in [1.54, 1.807) is 11.8 Å². The van der Waals surface area contributed by atoms with Gasteiger partial charge in [-0.3, -0.25) is 0 Å². The fraction of sp³-hybridized carbons (Fsp3) is 0.800. The summed E-state index contributed by atoms with van der Waals surface area (Å²) in [5.41, 5.74) is 0. The zero-order chi connectivity index (χ0) is 9.73. The summed E-state index contributed by atoms with van der Waals surface area (Å²) in [6.45, 7) is 5.63. The van der Waals surface area contributed by atoms with Gasteiger partial charge in [-0.1, -0.05) is 13.0 Å². The maximum absolute atomic E-state index is 5.50. The summed E-state index contributed by atoms with van der Waals surface area (Å²) >= 11 is 1.80. The number of hydrogen-bond acceptors (Lipinski definition) is 3. The highest BCUT2D eigenvalue weighted by Crippen LogP contribution is 2.26. The fourth-order valence-electron chi connectivity index (χ4n) is 1.35. The van der Waals surface area contributed by atoms with E-state index in [0.717, 1.165) is 26.1 Å². The number of ether oxygens (including phenoxy) is 2. The Morgan fingerprint density at radius 1 is 1.46 bits per heavy atom. The van der Waals surface area contributed by atoms with E-state index in [1.165, 1.54) is 4.91 Å². The predicted molar refractivity (Wildman–Crippen MR) is 56.8 cm³/mol. The lowest BCUT2D eigenvalue weighted by molar-refractivity contribution is -0.138. The Morgan fingerprint density at radius 3 is 2.54 bits per heavy atom. The molecule has 0 atom stereocenters. The van der Waals surface area contributed by atoms with Crippen LogP contribution in [0.15, 0.2) is 11.0 Å². The third-order valence-corrected chi connectivity index (χ3v) is 3.19. The fourth-order valence-corrected chi connectivity index (χ4v) is 1.88. The molecule has 0 saturated carbocycles. The van der Waals surface area contributed by atoms with Crippen LogP contribution in [0.2, 0.25) is 0 Å². The van der Waals surface area contributed by atoms with Gasteiger partial charge in [0.05, 0.1) is 13.2 Å². The lowest BCUT2D eigenvalue weighted by Crippen LogP contribution is -2.24. The summed E-state index contributed by atoms with van der Waals surface area (Å²) in [6.07, 6.45) is 6.28. The van der Waals surface area contributed by atoms with E-state index in [0.29, 0.717) is 0 Å². The van der Waals surface area contributed by atoms with Gasteiger partial charge in [0.15, 0.2) is 5.79 Å². The van der Waals surface area contributed by atoms with Crippen LogP contribution >= 0.6 is 11.8 Å². The minimum absolute atomic E-state index is 0.365.